The molecule has 2 heterocycles. The third-order valence-electron chi connectivity index (χ3n) is 4.36. The lowest BCUT2D eigenvalue weighted by Crippen LogP contribution is -2.51. The number of nitrogens with zero attached hydrogens (tertiary/aromatic N) is 4. The average molecular weight is 413 g/mol. The first-order valence-electron chi connectivity index (χ1n) is 10.2. The molecule has 0 radical (unpaired) electrons. The highest BCUT2D eigenvalue weighted by Gasteiger charge is 2.33. The van der Waals surface area contributed by atoms with Crippen LogP contribution in [0.2, 0.25) is 5.15 Å². The molecule has 28 heavy (non-hydrogen) atoms. The van der Waals surface area contributed by atoms with Gasteiger partial charge in [0, 0.05) is 20.2 Å². The van der Waals surface area contributed by atoms with Crippen LogP contribution in [-0.4, -0.2) is 58.4 Å². The van der Waals surface area contributed by atoms with Gasteiger partial charge in [0.1, 0.15) is 22.1 Å². The number of rotatable bonds is 4. The van der Waals surface area contributed by atoms with Gasteiger partial charge in [0.15, 0.2) is 5.65 Å². The van der Waals surface area contributed by atoms with E-state index >= 15 is 0 Å². The fraction of sp³-hybridized carbons (Fsp3) is 0.556. The van der Waals surface area contributed by atoms with E-state index in [1.807, 2.05) is 0 Å². The highest BCUT2D eigenvalue weighted by atomic mass is 35.5. The van der Waals surface area contributed by atoms with E-state index in [9.17, 15) is 9.59 Å². The fourth-order valence-corrected chi connectivity index (χ4v) is 2.94. The molecule has 1 saturated carbocycles. The molecule has 0 aliphatic heterocycles. The van der Waals surface area contributed by atoms with Crippen molar-refractivity contribution in [1.29, 1.82) is 0 Å². The topological polar surface area (TPSA) is 98.1 Å². The molecule has 0 aromatic carbocycles. The van der Waals surface area contributed by atoms with Crippen molar-refractivity contribution in [2.24, 2.45) is 0 Å². The zero-order valence-electron chi connectivity index (χ0n) is 19.0. The highest BCUT2D eigenvalue weighted by Crippen LogP contribution is 2.25. The van der Waals surface area contributed by atoms with Crippen LogP contribution < -0.4 is 10.2 Å². The van der Waals surface area contributed by atoms with Crippen LogP contribution in [0, 0.1) is 0 Å². The number of halogens is 1. The minimum Gasteiger partial charge on any atom is -0.443 e. The summed E-state index contributed by atoms with van der Waals surface area (Å²) in [4.78, 5) is 30.6. The van der Waals surface area contributed by atoms with Gasteiger partial charge in [-0.1, -0.05) is 11.6 Å². The largest absolute Gasteiger partial charge is 0.443 e. The van der Waals surface area contributed by atoms with Gasteiger partial charge in [-0.25, -0.2) is 9.78 Å². The Morgan fingerprint density at radius 1 is 1.43 bits per heavy atom. The Kier molecular flexibility index (Phi) is 4.47. The summed E-state index contributed by atoms with van der Waals surface area (Å²) >= 11 is 6.13. The molecule has 1 aliphatic carbocycles. The maximum Gasteiger partial charge on any atom is 0.415 e. The lowest BCUT2D eigenvalue weighted by molar-refractivity contribution is 0.00732. The van der Waals surface area contributed by atoms with Crippen molar-refractivity contribution < 1.29 is 23.2 Å². The Morgan fingerprint density at radius 2 is 2.18 bits per heavy atom. The van der Waals surface area contributed by atoms with Gasteiger partial charge in [-0.3, -0.25) is 9.69 Å². The zero-order chi connectivity index (χ0) is 23.1. The summed E-state index contributed by atoms with van der Waals surface area (Å²) in [5, 5.41) is 6.98. The Balaban J connectivity index is 1.84. The van der Waals surface area contributed by atoms with Crippen molar-refractivity contribution in [3.63, 3.8) is 0 Å². The molecule has 2 amide bonds. The Morgan fingerprint density at radius 3 is 2.79 bits per heavy atom. The molecule has 1 aliphatic rings. The van der Waals surface area contributed by atoms with Crippen molar-refractivity contribution in [3.05, 3.63) is 23.0 Å². The van der Waals surface area contributed by atoms with Gasteiger partial charge in [-0.2, -0.15) is 9.61 Å². The molecular formula is C18H24ClN5O4. The molecule has 2 aromatic heterocycles. The third kappa shape index (κ3) is 4.05. The summed E-state index contributed by atoms with van der Waals surface area (Å²) in [5.74, 6) is -0.241. The Bertz CT molecular complexity index is 1000. The van der Waals surface area contributed by atoms with Crippen molar-refractivity contribution in [2.75, 3.05) is 19.0 Å². The minimum atomic E-state index is -2.53. The van der Waals surface area contributed by atoms with Crippen LogP contribution >= 0.6 is 11.6 Å². The molecule has 0 spiro atoms. The molecule has 2 aromatic rings. The third-order valence-corrected chi connectivity index (χ3v) is 4.55. The van der Waals surface area contributed by atoms with E-state index in [1.54, 1.807) is 20.8 Å². The number of hydrogen-bond acceptors (Lipinski definition) is 6. The van der Waals surface area contributed by atoms with Crippen LogP contribution in [0.1, 0.15) is 48.1 Å². The number of fused-ring (bicyclic) bond motifs is 1. The molecule has 2 atom stereocenters. The van der Waals surface area contributed by atoms with E-state index in [4.69, 9.17) is 25.2 Å². The van der Waals surface area contributed by atoms with Crippen LogP contribution in [-0.2, 0) is 9.47 Å². The van der Waals surface area contributed by atoms with E-state index in [0.29, 0.717) is 12.8 Å². The molecule has 1 fully saturated rings. The molecule has 0 bridgehead atoms. The number of methoxy groups -OCH3 is 1. The SMILES string of the molecule is [2H]C([2H])([2H])O[C@H]1CCC1NC(=O)c1cnn2c(N(C)C(=O)OC(C)(C)C)cc(Cl)nc12. The van der Waals surface area contributed by atoms with E-state index < -0.39 is 36.8 Å². The molecule has 3 rings (SSSR count). The number of ether oxygens (including phenoxy) is 2. The summed E-state index contributed by atoms with van der Waals surface area (Å²) < 4.78 is 33.3. The quantitative estimate of drug-likeness (QED) is 0.775. The molecule has 1 N–H and O–H groups in total. The second-order valence-corrected chi connectivity index (χ2v) is 7.97. The van der Waals surface area contributed by atoms with E-state index in [2.05, 4.69) is 15.4 Å². The predicted octanol–water partition coefficient (Wildman–Crippen LogP) is 2.66. The second kappa shape index (κ2) is 7.56. The summed E-state index contributed by atoms with van der Waals surface area (Å²) in [6.07, 6.45) is 1.21. The second-order valence-electron chi connectivity index (χ2n) is 7.58. The molecular weight excluding hydrogens is 386 g/mol. The molecule has 1 unspecified atom stereocenters. The first-order valence-corrected chi connectivity index (χ1v) is 9.12. The van der Waals surface area contributed by atoms with Gasteiger partial charge in [0.2, 0.25) is 0 Å². The Hall–Kier alpha value is -2.39. The fourth-order valence-electron chi connectivity index (χ4n) is 2.76. The van der Waals surface area contributed by atoms with E-state index in [1.165, 1.54) is 28.7 Å². The first-order chi connectivity index (χ1) is 14.2. The van der Waals surface area contributed by atoms with Gasteiger partial charge in [-0.05, 0) is 33.6 Å². The molecule has 9 nitrogen and oxygen atoms in total. The minimum absolute atomic E-state index is 0.0553. The number of aromatic nitrogens is 3. The number of amides is 2. The van der Waals surface area contributed by atoms with Crippen molar-refractivity contribution >= 4 is 35.1 Å². The highest BCUT2D eigenvalue weighted by molar-refractivity contribution is 6.30. The number of carbonyl (C=O) groups is 2. The smallest absolute Gasteiger partial charge is 0.415 e. The normalized spacial score (nSPS) is 21.2. The van der Waals surface area contributed by atoms with Crippen LogP contribution in [0.4, 0.5) is 10.6 Å². The van der Waals surface area contributed by atoms with Crippen LogP contribution in [0.15, 0.2) is 12.3 Å². The number of nitrogens with one attached hydrogen (secondary N) is 1. The summed E-state index contributed by atoms with van der Waals surface area (Å²) in [6, 6.07) is 0.991. The van der Waals surface area contributed by atoms with E-state index in [-0.39, 0.29) is 22.2 Å². The summed E-state index contributed by atoms with van der Waals surface area (Å²) in [5.41, 5.74) is -0.434. The van der Waals surface area contributed by atoms with Crippen molar-refractivity contribution in [3.8, 4) is 0 Å². The van der Waals surface area contributed by atoms with E-state index in [0.717, 1.165) is 0 Å². The molecule has 0 saturated heterocycles. The van der Waals surface area contributed by atoms with Gasteiger partial charge in [0.25, 0.3) is 5.91 Å². The summed E-state index contributed by atoms with van der Waals surface area (Å²) in [7, 11) is -1.04. The Labute approximate surface area is 172 Å². The number of anilines is 1. The zero-order valence-corrected chi connectivity index (χ0v) is 16.8. The lowest BCUT2D eigenvalue weighted by Gasteiger charge is -2.35. The van der Waals surface area contributed by atoms with Crippen molar-refractivity contribution in [1.82, 2.24) is 19.9 Å². The van der Waals surface area contributed by atoms with Crippen molar-refractivity contribution in [2.45, 2.75) is 51.4 Å². The van der Waals surface area contributed by atoms with Gasteiger partial charge in [-0.15, -0.1) is 0 Å². The van der Waals surface area contributed by atoms with Crippen LogP contribution in [0.3, 0.4) is 0 Å². The van der Waals surface area contributed by atoms with Gasteiger partial charge >= 0.3 is 6.09 Å². The molecule has 10 heteroatoms. The standard InChI is InChI=1S/C18H24ClN5O4/c1-18(2,3)28-17(26)23(4)14-8-13(19)22-15-10(9-20-24(14)15)16(25)21-11-6-7-12(11)27-5/h8-9,11-12H,6-7H2,1-5H3,(H,21,25)/t11?,12-/m0/s1/i5D3. The average Bonchev–Trinajstić information content (AvgIpc) is 3.03. The number of carbonyl (C=O) groups excluding carboxylic acids is 2. The van der Waals surface area contributed by atoms with Gasteiger partial charge in [0.05, 0.1) is 22.5 Å². The summed E-state index contributed by atoms with van der Waals surface area (Å²) in [6.45, 7) is 5.23. The maximum atomic E-state index is 12.8. The monoisotopic (exact) mass is 412 g/mol. The number of hydrogen-bond donors (Lipinski definition) is 1. The van der Waals surface area contributed by atoms with Crippen LogP contribution in [0.5, 0.6) is 0 Å². The lowest BCUT2D eigenvalue weighted by atomic mass is 9.89. The first kappa shape index (κ1) is 16.6. The van der Waals surface area contributed by atoms with Gasteiger partial charge < -0.3 is 14.8 Å². The van der Waals surface area contributed by atoms with Crippen LogP contribution in [0.25, 0.3) is 5.65 Å². The predicted molar refractivity (Wildman–Crippen MR) is 104 cm³/mol. The molecule has 152 valence electrons. The maximum absolute atomic E-state index is 12.8.